The van der Waals surface area contributed by atoms with Gasteiger partial charge < -0.3 is 4.74 Å². The molecule has 0 amide bonds. The van der Waals surface area contributed by atoms with Crippen LogP contribution in [0.15, 0.2) is 52.5 Å². The number of nitro groups is 2. The van der Waals surface area contributed by atoms with Gasteiger partial charge >= 0.3 is 10.1 Å². The molecule has 0 bridgehead atoms. The summed E-state index contributed by atoms with van der Waals surface area (Å²) in [4.78, 5) is 21.0. The molecule has 0 heterocycles. The highest BCUT2D eigenvalue weighted by Gasteiger charge is 2.31. The van der Waals surface area contributed by atoms with Gasteiger partial charge in [-0.3, -0.25) is 24.5 Å². The van der Waals surface area contributed by atoms with E-state index in [4.69, 9.17) is 9.02 Å². The Kier molecular flexibility index (Phi) is 6.49. The summed E-state index contributed by atoms with van der Waals surface area (Å²) in [6.45, 7) is 0. The molecule has 2 aromatic rings. The van der Waals surface area contributed by atoms with Crippen LogP contribution < -0.4 is 4.74 Å². The van der Waals surface area contributed by atoms with Crippen LogP contribution in [0.25, 0.3) is 0 Å². The van der Waals surface area contributed by atoms with Crippen LogP contribution in [-0.4, -0.2) is 31.1 Å². The third kappa shape index (κ3) is 4.97. The van der Waals surface area contributed by atoms with E-state index in [0.29, 0.717) is 30.7 Å². The van der Waals surface area contributed by atoms with Crippen LogP contribution in [0.1, 0.15) is 37.2 Å². The zero-order valence-electron chi connectivity index (χ0n) is 16.5. The number of methoxy groups -OCH3 is 1. The maximum atomic E-state index is 12.5. The first kappa shape index (κ1) is 22.2. The molecular formula is C19H19N3O8S. The molecule has 31 heavy (non-hydrogen) atoms. The summed E-state index contributed by atoms with van der Waals surface area (Å²) in [5.41, 5.74) is -0.241. The van der Waals surface area contributed by atoms with Crippen molar-refractivity contribution in [3.8, 4) is 5.75 Å². The SMILES string of the molecule is COc1ccc(S(=O)(=O)O/N=C2\CCCCC2c2ccc([N+](=O)[O-])cc2[N+](=O)[O-])cc1. The van der Waals surface area contributed by atoms with Gasteiger partial charge in [-0.15, -0.1) is 0 Å². The lowest BCUT2D eigenvalue weighted by Gasteiger charge is -2.23. The number of nitro benzene ring substituents is 2. The molecule has 0 aromatic heterocycles. The van der Waals surface area contributed by atoms with E-state index in [1.165, 1.54) is 43.5 Å². The predicted molar refractivity (Wildman–Crippen MR) is 110 cm³/mol. The van der Waals surface area contributed by atoms with Crippen LogP contribution in [0.5, 0.6) is 5.75 Å². The van der Waals surface area contributed by atoms with E-state index in [1.54, 1.807) is 0 Å². The molecule has 11 nitrogen and oxygen atoms in total. The summed E-state index contributed by atoms with van der Waals surface area (Å²) in [5.74, 6) is -0.107. The number of ether oxygens (including phenoxy) is 1. The maximum absolute atomic E-state index is 12.5. The van der Waals surface area contributed by atoms with Crippen LogP contribution in [-0.2, 0) is 14.4 Å². The van der Waals surface area contributed by atoms with E-state index in [1.807, 2.05) is 0 Å². The van der Waals surface area contributed by atoms with E-state index in [2.05, 4.69) is 5.16 Å². The van der Waals surface area contributed by atoms with E-state index in [-0.39, 0.29) is 10.5 Å². The molecule has 164 valence electrons. The van der Waals surface area contributed by atoms with Crippen molar-refractivity contribution < 1.29 is 27.3 Å². The molecular weight excluding hydrogens is 430 g/mol. The largest absolute Gasteiger partial charge is 0.497 e. The van der Waals surface area contributed by atoms with Crippen molar-refractivity contribution in [1.29, 1.82) is 0 Å². The summed E-state index contributed by atoms with van der Waals surface area (Å²) in [6, 6.07) is 8.96. The zero-order valence-corrected chi connectivity index (χ0v) is 17.3. The predicted octanol–water partition coefficient (Wildman–Crippen LogP) is 3.93. The molecule has 3 rings (SSSR count). The standard InChI is InChI=1S/C19H19N3O8S/c1-29-14-7-9-15(10-8-14)31(27,28)30-20-18-5-3-2-4-16(18)17-11-6-13(21(23)24)12-19(17)22(25)26/h6-12,16H,2-5H2,1H3/b20-18+. The highest BCUT2D eigenvalue weighted by Crippen LogP contribution is 2.38. The minimum Gasteiger partial charge on any atom is -0.497 e. The topological polar surface area (TPSA) is 151 Å². The zero-order chi connectivity index (χ0) is 22.6. The molecule has 0 radical (unpaired) electrons. The van der Waals surface area contributed by atoms with Crippen molar-refractivity contribution >= 4 is 27.2 Å². The Bertz CT molecular complexity index is 1130. The average molecular weight is 449 g/mol. The number of hydrogen-bond acceptors (Lipinski definition) is 9. The van der Waals surface area contributed by atoms with Gasteiger partial charge in [-0.25, -0.2) is 0 Å². The number of non-ortho nitro benzene ring substituents is 1. The Labute approximate surface area is 177 Å². The van der Waals surface area contributed by atoms with E-state index in [0.717, 1.165) is 12.5 Å². The van der Waals surface area contributed by atoms with Crippen molar-refractivity contribution in [3.05, 3.63) is 68.3 Å². The minimum atomic E-state index is -4.20. The van der Waals surface area contributed by atoms with Crippen molar-refractivity contribution in [2.45, 2.75) is 36.5 Å². The van der Waals surface area contributed by atoms with E-state index < -0.39 is 37.3 Å². The first-order chi connectivity index (χ1) is 14.7. The van der Waals surface area contributed by atoms with Crippen molar-refractivity contribution in [3.63, 3.8) is 0 Å². The summed E-state index contributed by atoms with van der Waals surface area (Å²) >= 11 is 0. The van der Waals surface area contributed by atoms with Gasteiger partial charge in [0.1, 0.15) is 10.6 Å². The number of hydrogen-bond donors (Lipinski definition) is 0. The summed E-state index contributed by atoms with van der Waals surface area (Å²) in [5, 5.41) is 26.3. The number of benzene rings is 2. The van der Waals surface area contributed by atoms with Gasteiger partial charge in [-0.2, -0.15) is 8.42 Å². The van der Waals surface area contributed by atoms with Crippen molar-refractivity contribution in [1.82, 2.24) is 0 Å². The number of rotatable bonds is 7. The highest BCUT2D eigenvalue weighted by atomic mass is 32.2. The Morgan fingerprint density at radius 2 is 1.74 bits per heavy atom. The Balaban J connectivity index is 1.92. The molecule has 1 atom stereocenters. The van der Waals surface area contributed by atoms with Gasteiger partial charge in [0.05, 0.1) is 28.7 Å². The summed E-state index contributed by atoms with van der Waals surface area (Å²) in [7, 11) is -2.75. The van der Waals surface area contributed by atoms with Crippen molar-refractivity contribution in [2.24, 2.45) is 5.16 Å². The third-order valence-electron chi connectivity index (χ3n) is 4.98. The Hall–Kier alpha value is -3.54. The van der Waals surface area contributed by atoms with Gasteiger partial charge in [0, 0.05) is 17.5 Å². The summed E-state index contributed by atoms with van der Waals surface area (Å²) < 4.78 is 34.8. The second kappa shape index (κ2) is 9.08. The van der Waals surface area contributed by atoms with Gasteiger partial charge in [0.2, 0.25) is 0 Å². The monoisotopic (exact) mass is 449 g/mol. The average Bonchev–Trinajstić information content (AvgIpc) is 2.77. The van der Waals surface area contributed by atoms with Gasteiger partial charge in [0.25, 0.3) is 11.4 Å². The highest BCUT2D eigenvalue weighted by molar-refractivity contribution is 7.86. The third-order valence-corrected chi connectivity index (χ3v) is 6.10. The molecule has 1 aliphatic carbocycles. The Morgan fingerprint density at radius 3 is 2.35 bits per heavy atom. The number of nitrogens with zero attached hydrogens (tertiary/aromatic N) is 3. The van der Waals surface area contributed by atoms with Gasteiger partial charge in [-0.05, 0) is 49.6 Å². The quantitative estimate of drug-likeness (QED) is 0.455. The van der Waals surface area contributed by atoms with E-state index >= 15 is 0 Å². The molecule has 0 N–H and O–H groups in total. The molecule has 0 aliphatic heterocycles. The minimum absolute atomic E-state index is 0.119. The van der Waals surface area contributed by atoms with Crippen molar-refractivity contribution in [2.75, 3.05) is 7.11 Å². The molecule has 0 spiro atoms. The fourth-order valence-electron chi connectivity index (χ4n) is 3.42. The van der Waals surface area contributed by atoms with Gasteiger partial charge in [-0.1, -0.05) is 11.6 Å². The van der Waals surface area contributed by atoms with Crippen LogP contribution >= 0.6 is 0 Å². The second-order valence-corrected chi connectivity index (χ2v) is 8.37. The fraction of sp³-hybridized carbons (Fsp3) is 0.316. The molecule has 1 unspecified atom stereocenters. The summed E-state index contributed by atoms with van der Waals surface area (Å²) in [6.07, 6.45) is 2.31. The molecule has 12 heteroatoms. The normalized spacial score (nSPS) is 17.8. The molecule has 1 fully saturated rings. The number of oxime groups is 1. The lowest BCUT2D eigenvalue weighted by molar-refractivity contribution is -0.394. The first-order valence-electron chi connectivity index (χ1n) is 9.30. The lowest BCUT2D eigenvalue weighted by atomic mass is 9.81. The molecule has 2 aromatic carbocycles. The van der Waals surface area contributed by atoms with Crippen LogP contribution in [0.2, 0.25) is 0 Å². The Morgan fingerprint density at radius 1 is 1.03 bits per heavy atom. The first-order valence-corrected chi connectivity index (χ1v) is 10.7. The molecule has 1 saturated carbocycles. The maximum Gasteiger partial charge on any atom is 0.358 e. The molecule has 1 aliphatic rings. The fourth-order valence-corrected chi connectivity index (χ4v) is 4.17. The lowest BCUT2D eigenvalue weighted by Crippen LogP contribution is -2.20. The molecule has 0 saturated heterocycles. The second-order valence-electron chi connectivity index (χ2n) is 6.84. The van der Waals surface area contributed by atoms with Crippen LogP contribution in [0.4, 0.5) is 11.4 Å². The smallest absolute Gasteiger partial charge is 0.358 e. The van der Waals surface area contributed by atoms with E-state index in [9.17, 15) is 28.6 Å². The van der Waals surface area contributed by atoms with Gasteiger partial charge in [0.15, 0.2) is 0 Å². The van der Waals surface area contributed by atoms with Crippen LogP contribution in [0.3, 0.4) is 0 Å². The van der Waals surface area contributed by atoms with Crippen LogP contribution in [0, 0.1) is 20.2 Å².